The highest BCUT2D eigenvalue weighted by Crippen LogP contribution is 2.25. The van der Waals surface area contributed by atoms with E-state index in [1.807, 2.05) is 19.1 Å². The number of thioether (sulfide) groups is 1. The molecule has 0 aliphatic heterocycles. The SMILES string of the molecule is CCCCNC(=O)C(CC)N(Cc1ccc(Cl)cc1)C(=O)CSCc1c(F)cccc1Cl. The van der Waals surface area contributed by atoms with Crippen molar-refractivity contribution in [3.8, 4) is 0 Å². The molecule has 174 valence electrons. The highest BCUT2D eigenvalue weighted by molar-refractivity contribution is 7.99. The number of rotatable bonds is 12. The number of halogens is 3. The fourth-order valence-corrected chi connectivity index (χ4v) is 4.58. The summed E-state index contributed by atoms with van der Waals surface area (Å²) in [5, 5.41) is 3.88. The van der Waals surface area contributed by atoms with Gasteiger partial charge in [0.1, 0.15) is 11.9 Å². The van der Waals surface area contributed by atoms with Crippen molar-refractivity contribution in [2.24, 2.45) is 0 Å². The first-order valence-electron chi connectivity index (χ1n) is 10.7. The Morgan fingerprint density at radius 2 is 1.84 bits per heavy atom. The topological polar surface area (TPSA) is 49.4 Å². The predicted molar refractivity (Wildman–Crippen MR) is 132 cm³/mol. The fraction of sp³-hybridized carbons (Fsp3) is 0.417. The quantitative estimate of drug-likeness (QED) is 0.360. The van der Waals surface area contributed by atoms with Crippen molar-refractivity contribution in [1.29, 1.82) is 0 Å². The summed E-state index contributed by atoms with van der Waals surface area (Å²) in [4.78, 5) is 27.6. The Hall–Kier alpha value is -1.76. The third-order valence-corrected chi connectivity index (χ3v) is 6.57. The molecule has 2 aromatic carbocycles. The number of amides is 2. The van der Waals surface area contributed by atoms with Gasteiger partial charge in [-0.3, -0.25) is 9.59 Å². The summed E-state index contributed by atoms with van der Waals surface area (Å²) in [6.07, 6.45) is 2.34. The van der Waals surface area contributed by atoms with E-state index in [2.05, 4.69) is 12.2 Å². The molecule has 0 spiro atoms. The van der Waals surface area contributed by atoms with Gasteiger partial charge in [0.15, 0.2) is 0 Å². The lowest BCUT2D eigenvalue weighted by molar-refractivity contribution is -0.139. The van der Waals surface area contributed by atoms with Crippen LogP contribution in [0.1, 0.15) is 44.2 Å². The zero-order chi connectivity index (χ0) is 23.5. The number of unbranched alkanes of at least 4 members (excludes halogenated alkanes) is 1. The van der Waals surface area contributed by atoms with Crippen LogP contribution >= 0.6 is 35.0 Å². The van der Waals surface area contributed by atoms with E-state index in [0.717, 1.165) is 18.4 Å². The summed E-state index contributed by atoms with van der Waals surface area (Å²) in [6, 6.07) is 11.1. The van der Waals surface area contributed by atoms with E-state index in [1.54, 1.807) is 29.2 Å². The van der Waals surface area contributed by atoms with Gasteiger partial charge in [0, 0.05) is 34.5 Å². The average Bonchev–Trinajstić information content (AvgIpc) is 2.77. The maximum absolute atomic E-state index is 14.0. The Bertz CT molecular complexity index is 876. The zero-order valence-electron chi connectivity index (χ0n) is 18.4. The second-order valence-corrected chi connectivity index (χ2v) is 9.24. The molecule has 0 bridgehead atoms. The lowest BCUT2D eigenvalue weighted by Crippen LogP contribution is -2.49. The minimum Gasteiger partial charge on any atom is -0.354 e. The van der Waals surface area contributed by atoms with Gasteiger partial charge in [-0.2, -0.15) is 0 Å². The largest absolute Gasteiger partial charge is 0.354 e. The van der Waals surface area contributed by atoms with Crippen LogP contribution in [0.15, 0.2) is 42.5 Å². The second kappa shape index (κ2) is 13.7. The smallest absolute Gasteiger partial charge is 0.242 e. The molecule has 0 heterocycles. The van der Waals surface area contributed by atoms with Crippen LogP contribution in [0.5, 0.6) is 0 Å². The van der Waals surface area contributed by atoms with E-state index < -0.39 is 11.9 Å². The van der Waals surface area contributed by atoms with Crippen molar-refractivity contribution < 1.29 is 14.0 Å². The van der Waals surface area contributed by atoms with Crippen LogP contribution in [0.4, 0.5) is 4.39 Å². The van der Waals surface area contributed by atoms with Crippen molar-refractivity contribution in [3.63, 3.8) is 0 Å². The third kappa shape index (κ3) is 7.98. The second-order valence-electron chi connectivity index (χ2n) is 7.41. The van der Waals surface area contributed by atoms with Crippen LogP contribution in [0.25, 0.3) is 0 Å². The first-order valence-corrected chi connectivity index (χ1v) is 12.6. The summed E-state index contributed by atoms with van der Waals surface area (Å²) in [5.41, 5.74) is 1.25. The van der Waals surface area contributed by atoms with Crippen LogP contribution in [-0.2, 0) is 21.9 Å². The maximum Gasteiger partial charge on any atom is 0.242 e. The van der Waals surface area contributed by atoms with Gasteiger partial charge in [0.2, 0.25) is 11.8 Å². The molecule has 0 aliphatic rings. The summed E-state index contributed by atoms with van der Waals surface area (Å²) in [7, 11) is 0. The molecule has 4 nitrogen and oxygen atoms in total. The van der Waals surface area contributed by atoms with Gasteiger partial charge in [-0.1, -0.05) is 61.7 Å². The van der Waals surface area contributed by atoms with Gasteiger partial charge >= 0.3 is 0 Å². The summed E-state index contributed by atoms with van der Waals surface area (Å²) >= 11 is 13.4. The lowest BCUT2D eigenvalue weighted by Gasteiger charge is -2.30. The van der Waals surface area contributed by atoms with Crippen molar-refractivity contribution in [2.75, 3.05) is 12.3 Å². The Labute approximate surface area is 203 Å². The molecule has 1 N–H and O–H groups in total. The van der Waals surface area contributed by atoms with Gasteiger partial charge < -0.3 is 10.2 Å². The van der Waals surface area contributed by atoms with Crippen LogP contribution in [0.3, 0.4) is 0 Å². The van der Waals surface area contributed by atoms with Gasteiger partial charge in [-0.25, -0.2) is 4.39 Å². The Morgan fingerprint density at radius 3 is 2.47 bits per heavy atom. The van der Waals surface area contributed by atoms with Gasteiger partial charge in [0.05, 0.1) is 5.75 Å². The number of carbonyl (C=O) groups is 2. The number of nitrogens with zero attached hydrogens (tertiary/aromatic N) is 1. The van der Waals surface area contributed by atoms with Crippen molar-refractivity contribution in [2.45, 2.75) is 51.4 Å². The van der Waals surface area contributed by atoms with Crippen LogP contribution < -0.4 is 5.32 Å². The molecule has 8 heteroatoms. The van der Waals surface area contributed by atoms with Crippen LogP contribution in [0, 0.1) is 5.82 Å². The zero-order valence-corrected chi connectivity index (χ0v) is 20.7. The Kier molecular flexibility index (Phi) is 11.4. The number of benzene rings is 2. The molecule has 0 aliphatic carbocycles. The Morgan fingerprint density at radius 1 is 1.12 bits per heavy atom. The van der Waals surface area contributed by atoms with E-state index >= 15 is 0 Å². The summed E-state index contributed by atoms with van der Waals surface area (Å²) in [6.45, 7) is 4.81. The highest BCUT2D eigenvalue weighted by atomic mass is 35.5. The maximum atomic E-state index is 14.0. The number of hydrogen-bond donors (Lipinski definition) is 1. The molecule has 0 radical (unpaired) electrons. The molecule has 0 aromatic heterocycles. The molecule has 0 saturated carbocycles. The van der Waals surface area contributed by atoms with E-state index in [-0.39, 0.29) is 29.9 Å². The van der Waals surface area contributed by atoms with Crippen LogP contribution in [-0.4, -0.2) is 35.1 Å². The van der Waals surface area contributed by atoms with Crippen molar-refractivity contribution >= 4 is 46.8 Å². The molecule has 32 heavy (non-hydrogen) atoms. The molecule has 0 fully saturated rings. The normalized spacial score (nSPS) is 11.8. The molecule has 2 amide bonds. The average molecular weight is 499 g/mol. The summed E-state index contributed by atoms with van der Waals surface area (Å²) < 4.78 is 14.0. The third-order valence-electron chi connectivity index (χ3n) is 5.02. The minimum atomic E-state index is -0.590. The molecule has 1 atom stereocenters. The van der Waals surface area contributed by atoms with E-state index in [1.165, 1.54) is 17.8 Å². The first kappa shape index (κ1) is 26.5. The fourth-order valence-electron chi connectivity index (χ4n) is 3.21. The molecule has 0 saturated heterocycles. The van der Waals surface area contributed by atoms with E-state index in [4.69, 9.17) is 23.2 Å². The number of hydrogen-bond acceptors (Lipinski definition) is 3. The van der Waals surface area contributed by atoms with Crippen molar-refractivity contribution in [1.82, 2.24) is 10.2 Å². The number of nitrogens with one attached hydrogen (secondary N) is 1. The van der Waals surface area contributed by atoms with E-state index in [0.29, 0.717) is 28.6 Å². The number of carbonyl (C=O) groups excluding carboxylic acids is 2. The molecule has 1 unspecified atom stereocenters. The molecular formula is C24H29Cl2FN2O2S. The van der Waals surface area contributed by atoms with Crippen molar-refractivity contribution in [3.05, 3.63) is 69.5 Å². The predicted octanol–water partition coefficient (Wildman–Crippen LogP) is 6.09. The monoisotopic (exact) mass is 498 g/mol. The van der Waals surface area contributed by atoms with E-state index in [9.17, 15) is 14.0 Å². The lowest BCUT2D eigenvalue weighted by atomic mass is 10.1. The van der Waals surface area contributed by atoms with Gasteiger partial charge in [0.25, 0.3) is 0 Å². The minimum absolute atomic E-state index is 0.108. The molecule has 2 rings (SSSR count). The summed E-state index contributed by atoms with van der Waals surface area (Å²) in [5.74, 6) is -0.361. The molecule has 2 aromatic rings. The molecular weight excluding hydrogens is 470 g/mol. The van der Waals surface area contributed by atoms with Gasteiger partial charge in [-0.15, -0.1) is 11.8 Å². The highest BCUT2D eigenvalue weighted by Gasteiger charge is 2.28. The standard InChI is InChI=1S/C24H29Cl2FN2O2S/c1-3-5-13-28-24(31)22(4-2)29(14-17-9-11-18(25)12-10-17)23(30)16-32-15-19-20(26)7-6-8-21(19)27/h6-12,22H,3-5,13-16H2,1-2H3,(H,28,31). The first-order chi connectivity index (χ1) is 15.4. The van der Waals surface area contributed by atoms with Crippen LogP contribution in [0.2, 0.25) is 10.0 Å². The van der Waals surface area contributed by atoms with Gasteiger partial charge in [-0.05, 0) is 42.7 Å². The Balaban J connectivity index is 2.13.